The number of halogens is 4. The van der Waals surface area contributed by atoms with Crippen molar-refractivity contribution in [1.29, 1.82) is 0 Å². The number of rotatable bonds is 14. The van der Waals surface area contributed by atoms with Crippen LogP contribution < -0.4 is 4.74 Å². The average molecular weight is 699 g/mol. The van der Waals surface area contributed by atoms with Crippen LogP contribution in [0.1, 0.15) is 146 Å². The summed E-state index contributed by atoms with van der Waals surface area (Å²) in [6.45, 7) is 0.749. The Balaban J connectivity index is 0.000000175. The van der Waals surface area contributed by atoms with E-state index in [9.17, 15) is 18.3 Å². The highest BCUT2D eigenvalue weighted by molar-refractivity contribution is 5.38. The summed E-state index contributed by atoms with van der Waals surface area (Å²) < 4.78 is 63.5. The maximum Gasteiger partial charge on any atom is 0.200 e. The normalized spacial score (nSPS) is 33.1. The maximum absolute atomic E-state index is 15.1. The predicted octanol–water partition coefficient (Wildman–Crippen LogP) is 11.5. The van der Waals surface area contributed by atoms with Crippen molar-refractivity contribution in [3.8, 4) is 11.5 Å². The smallest absolute Gasteiger partial charge is 0.200 e. The molecule has 8 aliphatic rings. The van der Waals surface area contributed by atoms with Crippen LogP contribution in [0.2, 0.25) is 0 Å². The van der Waals surface area contributed by atoms with Crippen molar-refractivity contribution in [2.75, 3.05) is 13.2 Å². The molecule has 2 aromatic rings. The van der Waals surface area contributed by atoms with E-state index < -0.39 is 29.0 Å². The highest BCUT2D eigenvalue weighted by Crippen LogP contribution is 2.62. The minimum Gasteiger partial charge on any atom is -0.505 e. The molecule has 0 heterocycles. The van der Waals surface area contributed by atoms with Gasteiger partial charge >= 0.3 is 0 Å². The average Bonchev–Trinajstić information content (AvgIpc) is 3.07. The lowest BCUT2D eigenvalue weighted by atomic mass is 9.48. The molecule has 276 valence electrons. The number of phenolic OH excluding ortho intramolecular Hbond substituents is 1. The van der Waals surface area contributed by atoms with E-state index in [1.807, 2.05) is 6.07 Å². The summed E-state index contributed by atoms with van der Waals surface area (Å²) in [5.74, 6) is 0.404. The van der Waals surface area contributed by atoms with Crippen LogP contribution in [0.25, 0.3) is 0 Å². The molecule has 0 radical (unpaired) electrons. The van der Waals surface area contributed by atoms with Gasteiger partial charge in [-0.15, -0.1) is 0 Å². The van der Waals surface area contributed by atoms with Gasteiger partial charge in [-0.05, 0) is 159 Å². The third-order valence-electron chi connectivity index (χ3n) is 13.9. The van der Waals surface area contributed by atoms with E-state index >= 15 is 4.39 Å². The molecular weight excluding hydrogens is 640 g/mol. The first-order valence-corrected chi connectivity index (χ1v) is 20.1. The Morgan fingerprint density at radius 2 is 0.880 bits per heavy atom. The Labute approximate surface area is 296 Å². The van der Waals surface area contributed by atoms with E-state index in [1.54, 1.807) is 12.1 Å². The Hall–Kier alpha value is -2.28. The standard InChI is InChI=1S/C27H40F2O2.C16H18F2O/c28-25-23(27-17-20-14-21(18-27)16-22(15-20)19-27)10-11-24(26(25)29)31-13-9-7-5-3-1-2-4-6-8-12-30;17-14-12(1-2-13(19)15(14)18)16-6-9-3-10(7-16)5-11(4-9)8-16/h10-11,20-22,30H,1-9,12-19H2;1-2,9-11,19H,3-8H2. The van der Waals surface area contributed by atoms with E-state index in [2.05, 4.69) is 0 Å². The molecule has 3 nitrogen and oxygen atoms in total. The van der Waals surface area contributed by atoms with E-state index in [-0.39, 0.29) is 16.6 Å². The van der Waals surface area contributed by atoms with Crippen molar-refractivity contribution in [3.05, 3.63) is 58.7 Å². The predicted molar refractivity (Wildman–Crippen MR) is 188 cm³/mol. The van der Waals surface area contributed by atoms with Gasteiger partial charge in [0.25, 0.3) is 0 Å². The highest BCUT2D eigenvalue weighted by Gasteiger charge is 2.54. The lowest BCUT2D eigenvalue weighted by molar-refractivity contribution is -0.00721. The number of aliphatic hydroxyl groups is 1. The van der Waals surface area contributed by atoms with Crippen molar-refractivity contribution < 1.29 is 32.5 Å². The number of aromatic hydroxyl groups is 1. The fraction of sp³-hybridized carbons (Fsp3) is 0.721. The molecule has 2 aromatic carbocycles. The van der Waals surface area contributed by atoms with Crippen LogP contribution in [0, 0.1) is 58.8 Å². The zero-order valence-corrected chi connectivity index (χ0v) is 29.9. The minimum absolute atomic E-state index is 0.0786. The van der Waals surface area contributed by atoms with E-state index in [0.717, 1.165) is 70.6 Å². The summed E-state index contributed by atoms with van der Waals surface area (Å²) in [6.07, 6.45) is 23.9. The summed E-state index contributed by atoms with van der Waals surface area (Å²) in [5, 5.41) is 18.1. The van der Waals surface area contributed by atoms with Gasteiger partial charge in [0.1, 0.15) is 0 Å². The zero-order valence-electron chi connectivity index (χ0n) is 29.9. The van der Waals surface area contributed by atoms with Crippen LogP contribution in [0.4, 0.5) is 17.6 Å². The topological polar surface area (TPSA) is 49.7 Å². The zero-order chi connectivity index (χ0) is 34.9. The van der Waals surface area contributed by atoms with Crippen molar-refractivity contribution >= 4 is 0 Å². The first-order chi connectivity index (χ1) is 24.2. The third kappa shape index (κ3) is 7.46. The number of hydrogen-bond donors (Lipinski definition) is 2. The second-order valence-electron chi connectivity index (χ2n) is 17.6. The van der Waals surface area contributed by atoms with Crippen molar-refractivity contribution in [3.63, 3.8) is 0 Å². The molecule has 0 unspecified atom stereocenters. The molecule has 8 fully saturated rings. The lowest BCUT2D eigenvalue weighted by Gasteiger charge is -2.57. The summed E-state index contributed by atoms with van der Waals surface area (Å²) in [7, 11) is 0. The summed E-state index contributed by atoms with van der Waals surface area (Å²) in [5.41, 5.74) is 0.848. The summed E-state index contributed by atoms with van der Waals surface area (Å²) >= 11 is 0. The molecule has 8 saturated carbocycles. The Bertz CT molecular complexity index is 1400. The van der Waals surface area contributed by atoms with Crippen molar-refractivity contribution in [2.45, 2.75) is 146 Å². The molecule has 0 atom stereocenters. The summed E-state index contributed by atoms with van der Waals surface area (Å²) in [6, 6.07) is 6.43. The second kappa shape index (κ2) is 15.4. The van der Waals surface area contributed by atoms with Crippen LogP contribution in [-0.4, -0.2) is 23.4 Å². The number of hydrogen-bond acceptors (Lipinski definition) is 3. The van der Waals surface area contributed by atoms with E-state index in [1.165, 1.54) is 70.3 Å². The molecule has 8 bridgehead atoms. The molecule has 0 spiro atoms. The van der Waals surface area contributed by atoms with E-state index in [4.69, 9.17) is 9.84 Å². The molecule has 0 aliphatic heterocycles. The first kappa shape index (κ1) is 36.1. The second-order valence-corrected chi connectivity index (χ2v) is 17.6. The Morgan fingerprint density at radius 1 is 0.500 bits per heavy atom. The van der Waals surface area contributed by atoms with Gasteiger partial charge in [0.15, 0.2) is 23.1 Å². The SMILES string of the molecule is OCCCCCCCCCCCOc1ccc(C23CC4CC(CC(C4)C2)C3)c(F)c1F.Oc1ccc(C23CC4CC(CC(C4)C2)C3)c(F)c1F. The maximum atomic E-state index is 15.1. The number of benzene rings is 2. The summed E-state index contributed by atoms with van der Waals surface area (Å²) in [4.78, 5) is 0. The van der Waals surface area contributed by atoms with Gasteiger partial charge in [-0.2, -0.15) is 8.78 Å². The number of unbranched alkanes of at least 4 members (excludes halogenated alkanes) is 8. The number of phenols is 1. The molecule has 8 aliphatic carbocycles. The Kier molecular flexibility index (Phi) is 11.1. The van der Waals surface area contributed by atoms with Gasteiger partial charge in [-0.3, -0.25) is 0 Å². The molecule has 0 aromatic heterocycles. The Morgan fingerprint density at radius 3 is 1.32 bits per heavy atom. The monoisotopic (exact) mass is 698 g/mol. The van der Waals surface area contributed by atoms with Crippen molar-refractivity contribution in [1.82, 2.24) is 0 Å². The largest absolute Gasteiger partial charge is 0.505 e. The van der Waals surface area contributed by atoms with Crippen LogP contribution >= 0.6 is 0 Å². The fourth-order valence-corrected chi connectivity index (χ4v) is 12.5. The molecule has 2 N–H and O–H groups in total. The van der Waals surface area contributed by atoms with Crippen LogP contribution in [0.15, 0.2) is 24.3 Å². The van der Waals surface area contributed by atoms with Gasteiger partial charge in [-0.25, -0.2) is 8.78 Å². The van der Waals surface area contributed by atoms with Crippen LogP contribution in [-0.2, 0) is 10.8 Å². The molecular formula is C43H58F4O3. The van der Waals surface area contributed by atoms with Crippen molar-refractivity contribution in [2.24, 2.45) is 35.5 Å². The number of aliphatic hydroxyl groups excluding tert-OH is 1. The van der Waals surface area contributed by atoms with Gasteiger partial charge in [0, 0.05) is 6.61 Å². The molecule has 50 heavy (non-hydrogen) atoms. The van der Waals surface area contributed by atoms with Gasteiger partial charge in [-0.1, -0.05) is 57.1 Å². The fourth-order valence-electron chi connectivity index (χ4n) is 12.5. The molecule has 0 amide bonds. The van der Waals surface area contributed by atoms with Gasteiger partial charge in [0.05, 0.1) is 6.61 Å². The molecule has 0 saturated heterocycles. The molecule has 10 rings (SSSR count). The van der Waals surface area contributed by atoms with Crippen LogP contribution in [0.5, 0.6) is 11.5 Å². The lowest BCUT2D eigenvalue weighted by Crippen LogP contribution is -2.49. The number of ether oxygens (including phenoxy) is 1. The van der Waals surface area contributed by atoms with Gasteiger partial charge < -0.3 is 14.9 Å². The minimum atomic E-state index is -1.08. The third-order valence-corrected chi connectivity index (χ3v) is 13.9. The molecule has 7 heteroatoms. The highest BCUT2D eigenvalue weighted by atomic mass is 19.2. The van der Waals surface area contributed by atoms with E-state index in [0.29, 0.717) is 59.8 Å². The quantitative estimate of drug-likeness (QED) is 0.153. The first-order valence-electron chi connectivity index (χ1n) is 20.1. The van der Waals surface area contributed by atoms with Gasteiger partial charge in [0.2, 0.25) is 11.6 Å². The van der Waals surface area contributed by atoms with Crippen LogP contribution in [0.3, 0.4) is 0 Å².